The van der Waals surface area contributed by atoms with Gasteiger partial charge in [-0.3, -0.25) is 4.79 Å². The van der Waals surface area contributed by atoms with Gasteiger partial charge in [0.15, 0.2) is 0 Å². The average molecular weight is 264 g/mol. The molecule has 1 aliphatic rings. The number of halogens is 1. The van der Waals surface area contributed by atoms with Crippen LogP contribution in [0.5, 0.6) is 0 Å². The van der Waals surface area contributed by atoms with Gasteiger partial charge < -0.3 is 10.6 Å². The molecule has 1 amide bonds. The van der Waals surface area contributed by atoms with Crippen LogP contribution < -0.4 is 10.6 Å². The highest BCUT2D eigenvalue weighted by Crippen LogP contribution is 2.34. The maximum absolute atomic E-state index is 13.5. The highest BCUT2D eigenvalue weighted by Gasteiger charge is 2.43. The third kappa shape index (κ3) is 2.78. The second-order valence-electron chi connectivity index (χ2n) is 5.51. The minimum atomic E-state index is -0.356. The minimum Gasteiger partial charge on any atom is -0.351 e. The lowest BCUT2D eigenvalue weighted by Crippen LogP contribution is -2.45. The molecule has 19 heavy (non-hydrogen) atoms. The highest BCUT2D eigenvalue weighted by atomic mass is 19.1. The molecular formula is C15H21FN2O. The molecule has 2 N–H and O–H groups in total. The number of benzene rings is 1. The summed E-state index contributed by atoms with van der Waals surface area (Å²) in [5.41, 5.74) is 0.173. The molecule has 0 aliphatic carbocycles. The Balaban J connectivity index is 2.03. The van der Waals surface area contributed by atoms with E-state index in [1.165, 1.54) is 6.07 Å². The van der Waals surface area contributed by atoms with Gasteiger partial charge in [0.25, 0.3) is 0 Å². The van der Waals surface area contributed by atoms with E-state index in [1.807, 2.05) is 0 Å². The van der Waals surface area contributed by atoms with Gasteiger partial charge in [-0.15, -0.1) is 0 Å². The lowest BCUT2D eigenvalue weighted by atomic mass is 9.75. The van der Waals surface area contributed by atoms with E-state index in [1.54, 1.807) is 18.2 Å². The van der Waals surface area contributed by atoms with Crippen LogP contribution in [0.1, 0.15) is 25.8 Å². The summed E-state index contributed by atoms with van der Waals surface area (Å²) >= 11 is 0. The Morgan fingerprint density at radius 2 is 2.21 bits per heavy atom. The summed E-state index contributed by atoms with van der Waals surface area (Å²) in [7, 11) is 0. The number of hydrogen-bond acceptors (Lipinski definition) is 2. The van der Waals surface area contributed by atoms with E-state index in [2.05, 4.69) is 24.5 Å². The Bertz CT molecular complexity index is 453. The topological polar surface area (TPSA) is 41.1 Å². The van der Waals surface area contributed by atoms with Gasteiger partial charge in [0.1, 0.15) is 5.82 Å². The fraction of sp³-hybridized carbons (Fsp3) is 0.533. The molecule has 0 aromatic heterocycles. The molecule has 4 heteroatoms. The average Bonchev–Trinajstić information content (AvgIpc) is 2.88. The summed E-state index contributed by atoms with van der Waals surface area (Å²) in [5, 5.41) is 6.14. The SMILES string of the molecule is CC(C)C1(C(=O)NCc2ccccc2F)CCNC1. The van der Waals surface area contributed by atoms with Crippen molar-refractivity contribution in [1.82, 2.24) is 10.6 Å². The molecule has 0 spiro atoms. The van der Waals surface area contributed by atoms with Crippen LogP contribution in [-0.4, -0.2) is 19.0 Å². The molecular weight excluding hydrogens is 243 g/mol. The standard InChI is InChI=1S/C15H21FN2O/c1-11(2)15(7-8-17-10-15)14(19)18-9-12-5-3-4-6-13(12)16/h3-6,11,17H,7-10H2,1-2H3,(H,18,19). The Hall–Kier alpha value is -1.42. The Labute approximate surface area is 113 Å². The van der Waals surface area contributed by atoms with Crippen molar-refractivity contribution in [3.63, 3.8) is 0 Å². The largest absolute Gasteiger partial charge is 0.351 e. The molecule has 1 unspecified atom stereocenters. The van der Waals surface area contributed by atoms with Crippen molar-refractivity contribution in [3.05, 3.63) is 35.6 Å². The first-order valence-corrected chi connectivity index (χ1v) is 6.79. The van der Waals surface area contributed by atoms with Crippen molar-refractivity contribution in [3.8, 4) is 0 Å². The predicted octanol–water partition coefficient (Wildman–Crippen LogP) is 2.08. The molecule has 1 aromatic carbocycles. The van der Waals surface area contributed by atoms with E-state index < -0.39 is 0 Å². The van der Waals surface area contributed by atoms with Crippen LogP contribution >= 0.6 is 0 Å². The van der Waals surface area contributed by atoms with Crippen molar-refractivity contribution in [2.75, 3.05) is 13.1 Å². The Morgan fingerprint density at radius 3 is 2.79 bits per heavy atom. The van der Waals surface area contributed by atoms with E-state index >= 15 is 0 Å². The summed E-state index contributed by atoms with van der Waals surface area (Å²) in [6.45, 7) is 5.95. The fourth-order valence-electron chi connectivity index (χ4n) is 2.65. The molecule has 0 bridgehead atoms. The lowest BCUT2D eigenvalue weighted by Gasteiger charge is -2.31. The monoisotopic (exact) mass is 264 g/mol. The minimum absolute atomic E-state index is 0.0238. The first-order chi connectivity index (χ1) is 9.06. The van der Waals surface area contributed by atoms with Gasteiger partial charge in [-0.1, -0.05) is 32.0 Å². The van der Waals surface area contributed by atoms with E-state index in [9.17, 15) is 9.18 Å². The maximum Gasteiger partial charge on any atom is 0.228 e. The normalized spacial score (nSPS) is 22.7. The fourth-order valence-corrected chi connectivity index (χ4v) is 2.65. The molecule has 2 rings (SSSR count). The summed E-state index contributed by atoms with van der Waals surface area (Å²) < 4.78 is 13.5. The zero-order valence-electron chi connectivity index (χ0n) is 11.5. The van der Waals surface area contributed by atoms with Gasteiger partial charge in [-0.25, -0.2) is 4.39 Å². The van der Waals surface area contributed by atoms with Crippen molar-refractivity contribution in [2.45, 2.75) is 26.8 Å². The number of nitrogens with one attached hydrogen (secondary N) is 2. The van der Waals surface area contributed by atoms with Crippen LogP contribution in [0.2, 0.25) is 0 Å². The Morgan fingerprint density at radius 1 is 1.47 bits per heavy atom. The smallest absolute Gasteiger partial charge is 0.228 e. The number of carbonyl (C=O) groups is 1. The number of amides is 1. The molecule has 1 aliphatic heterocycles. The van der Waals surface area contributed by atoms with Crippen LogP contribution in [0.3, 0.4) is 0 Å². The van der Waals surface area contributed by atoms with Crippen molar-refractivity contribution >= 4 is 5.91 Å². The summed E-state index contributed by atoms with van der Waals surface area (Å²) in [6.07, 6.45) is 0.841. The molecule has 3 nitrogen and oxygen atoms in total. The van der Waals surface area contributed by atoms with E-state index in [0.29, 0.717) is 12.1 Å². The molecule has 1 aromatic rings. The van der Waals surface area contributed by atoms with Crippen LogP contribution in [-0.2, 0) is 11.3 Å². The maximum atomic E-state index is 13.5. The van der Waals surface area contributed by atoms with Gasteiger partial charge in [0.2, 0.25) is 5.91 Å². The van der Waals surface area contributed by atoms with Gasteiger partial charge in [-0.05, 0) is 24.9 Å². The number of hydrogen-bond donors (Lipinski definition) is 2. The van der Waals surface area contributed by atoms with E-state index in [-0.39, 0.29) is 29.6 Å². The zero-order chi connectivity index (χ0) is 13.9. The second-order valence-corrected chi connectivity index (χ2v) is 5.51. The van der Waals surface area contributed by atoms with Crippen LogP contribution in [0.4, 0.5) is 4.39 Å². The van der Waals surface area contributed by atoms with Gasteiger partial charge in [0, 0.05) is 18.7 Å². The lowest BCUT2D eigenvalue weighted by molar-refractivity contribution is -0.132. The molecule has 1 saturated heterocycles. The summed E-state index contributed by atoms with van der Waals surface area (Å²) in [6, 6.07) is 6.54. The first kappa shape index (κ1) is 14.0. The summed E-state index contributed by atoms with van der Waals surface area (Å²) in [4.78, 5) is 12.4. The first-order valence-electron chi connectivity index (χ1n) is 6.79. The third-order valence-electron chi connectivity index (χ3n) is 4.14. The molecule has 0 radical (unpaired) electrons. The van der Waals surface area contributed by atoms with Gasteiger partial charge in [-0.2, -0.15) is 0 Å². The zero-order valence-corrected chi connectivity index (χ0v) is 11.5. The molecule has 1 fully saturated rings. The Kier molecular flexibility index (Phi) is 4.20. The highest BCUT2D eigenvalue weighted by molar-refractivity contribution is 5.83. The second kappa shape index (κ2) is 5.70. The summed E-state index contributed by atoms with van der Waals surface area (Å²) in [5.74, 6) is 0.0183. The van der Waals surface area contributed by atoms with E-state index in [0.717, 1.165) is 13.0 Å². The molecule has 1 heterocycles. The molecule has 104 valence electrons. The third-order valence-corrected chi connectivity index (χ3v) is 4.14. The molecule has 0 saturated carbocycles. The number of carbonyl (C=O) groups excluding carboxylic acids is 1. The van der Waals surface area contributed by atoms with Crippen molar-refractivity contribution in [2.24, 2.45) is 11.3 Å². The van der Waals surface area contributed by atoms with Crippen LogP contribution in [0, 0.1) is 17.2 Å². The predicted molar refractivity (Wildman–Crippen MR) is 73.0 cm³/mol. The van der Waals surface area contributed by atoms with Crippen LogP contribution in [0.25, 0.3) is 0 Å². The van der Waals surface area contributed by atoms with E-state index in [4.69, 9.17) is 0 Å². The van der Waals surface area contributed by atoms with Gasteiger partial charge >= 0.3 is 0 Å². The van der Waals surface area contributed by atoms with Crippen LogP contribution in [0.15, 0.2) is 24.3 Å². The van der Waals surface area contributed by atoms with Crippen molar-refractivity contribution in [1.29, 1.82) is 0 Å². The number of rotatable bonds is 4. The molecule has 1 atom stereocenters. The quantitative estimate of drug-likeness (QED) is 0.874. The van der Waals surface area contributed by atoms with Crippen molar-refractivity contribution < 1.29 is 9.18 Å². The van der Waals surface area contributed by atoms with Gasteiger partial charge in [0.05, 0.1) is 5.41 Å².